The molecule has 0 aromatic rings. The first-order chi connectivity index (χ1) is 9.66. The van der Waals surface area contributed by atoms with Crippen LogP contribution in [-0.4, -0.2) is 15.5 Å². The van der Waals surface area contributed by atoms with Crippen molar-refractivity contribution >= 4 is 25.7 Å². The van der Waals surface area contributed by atoms with E-state index in [-0.39, 0.29) is 22.9 Å². The third kappa shape index (κ3) is 9.70. The Kier molecular flexibility index (Phi) is 15.3. The van der Waals surface area contributed by atoms with E-state index in [2.05, 4.69) is 62.3 Å². The van der Waals surface area contributed by atoms with Gasteiger partial charge in [-0.25, -0.2) is 7.05 Å². The van der Waals surface area contributed by atoms with Gasteiger partial charge in [0.15, 0.2) is 0 Å². The zero-order valence-corrected chi connectivity index (χ0v) is 21.2. The Balaban J connectivity index is -0.000000364. The van der Waals surface area contributed by atoms with Crippen LogP contribution < -0.4 is 0 Å². The number of nitrogens with zero attached hydrogens (tertiary/aromatic N) is 1. The molecule has 0 heterocycles. The molecule has 1 aliphatic rings. The molecule has 0 aliphatic heterocycles. The molecule has 1 nitrogen and oxygen atoms in total. The molecule has 1 fully saturated rings. The summed E-state index contributed by atoms with van der Waals surface area (Å²) in [5, 5.41) is 11.1. The van der Waals surface area contributed by atoms with Crippen molar-refractivity contribution in [1.82, 2.24) is 0 Å². The summed E-state index contributed by atoms with van der Waals surface area (Å²) in [6.07, 6.45) is 7.50. The molecule has 0 unspecified atom stereocenters. The first-order valence-corrected chi connectivity index (χ1v) is 14.3. The molecule has 0 radical (unpaired) electrons. The Morgan fingerprint density at radius 3 is 0.826 bits per heavy atom. The van der Waals surface area contributed by atoms with E-state index in [1.165, 1.54) is 32.1 Å². The van der Waals surface area contributed by atoms with Gasteiger partial charge in [0.1, 0.15) is 0 Å². The molecule has 1 aliphatic carbocycles. The molecule has 0 saturated heterocycles. The zero-order chi connectivity index (χ0) is 18.2. The maximum absolute atomic E-state index is 11.1. The molecule has 0 N–H and O–H groups in total. The summed E-state index contributed by atoms with van der Waals surface area (Å²) in [5.41, 5.74) is 0. The maximum atomic E-state index is 11.1. The fourth-order valence-electron chi connectivity index (χ4n) is 3.90. The Labute approximate surface area is 164 Å². The Hall–Kier alpha value is 1.52. The van der Waals surface area contributed by atoms with Crippen molar-refractivity contribution in [2.75, 3.05) is 0 Å². The van der Waals surface area contributed by atoms with Crippen molar-refractivity contribution in [3.8, 4) is 0 Å². The van der Waals surface area contributed by atoms with E-state index in [1.807, 2.05) is 0 Å². The molecule has 0 spiro atoms. The van der Waals surface area contributed by atoms with Crippen molar-refractivity contribution in [3.63, 3.8) is 0 Å². The van der Waals surface area contributed by atoms with E-state index < -0.39 is 24.1 Å². The number of hydrogen-bond acceptors (Lipinski definition) is 0. The van der Waals surface area contributed by atoms with Crippen LogP contribution in [0.3, 0.4) is 0 Å². The van der Waals surface area contributed by atoms with Crippen LogP contribution in [0.15, 0.2) is 0 Å². The third-order valence-electron chi connectivity index (χ3n) is 4.16. The van der Waals surface area contributed by atoms with Gasteiger partial charge in [0.25, 0.3) is 0 Å². The van der Waals surface area contributed by atoms with Crippen LogP contribution in [0.4, 0.5) is 0 Å². The Morgan fingerprint density at radius 1 is 0.652 bits per heavy atom. The van der Waals surface area contributed by atoms with Crippen LogP contribution in [0.25, 0.3) is 5.16 Å². The molecule has 0 amide bonds. The van der Waals surface area contributed by atoms with Crippen LogP contribution in [0.1, 0.15) is 94.4 Å². The second-order valence-electron chi connectivity index (χ2n) is 8.99. The van der Waals surface area contributed by atoms with Gasteiger partial charge in [-0.2, -0.15) is 0 Å². The average molecular weight is 420 g/mol. The number of rotatable bonds is 0. The molecule has 0 aromatic carbocycles. The Morgan fingerprint density at radius 2 is 0.783 bits per heavy atom. The van der Waals surface area contributed by atoms with Crippen LogP contribution in [0.2, 0.25) is 0 Å². The number of hydrogen-bond donors (Lipinski definition) is 0. The van der Waals surface area contributed by atoms with E-state index in [0.717, 1.165) is 0 Å². The first kappa shape index (κ1) is 29.3. The van der Waals surface area contributed by atoms with Crippen LogP contribution in [-0.2, 0) is 17.0 Å². The van der Waals surface area contributed by atoms with Crippen LogP contribution in [0.5, 0.6) is 0 Å². The summed E-state index contributed by atoms with van der Waals surface area (Å²) in [7, 11) is 7.76. The van der Waals surface area contributed by atoms with E-state index in [0.29, 0.717) is 0 Å². The summed E-state index contributed by atoms with van der Waals surface area (Å²) < 4.78 is 0. The fraction of sp³-hybridized carbons (Fsp3) is 0.944. The minimum atomic E-state index is -2.02. The van der Waals surface area contributed by atoms with Gasteiger partial charge in [-0.05, 0) is 15.5 Å². The summed E-state index contributed by atoms with van der Waals surface area (Å²) in [6.45, 7) is 19.5. The zero-order valence-electron chi connectivity index (χ0n) is 17.2. The van der Waals surface area contributed by atoms with Gasteiger partial charge in [0.05, 0.1) is 0 Å². The fourth-order valence-corrected chi connectivity index (χ4v) is 9.94. The van der Waals surface area contributed by atoms with Crippen LogP contribution in [0, 0.1) is 7.43 Å². The number of halogens is 2. The van der Waals surface area contributed by atoms with Crippen molar-refractivity contribution < 1.29 is 17.0 Å². The van der Waals surface area contributed by atoms with Crippen molar-refractivity contribution in [2.24, 2.45) is 0 Å². The second kappa shape index (κ2) is 12.0. The van der Waals surface area contributed by atoms with Gasteiger partial charge >= 0.3 is 35.6 Å². The summed E-state index contributed by atoms with van der Waals surface area (Å²) in [6, 6.07) is 0. The van der Waals surface area contributed by atoms with E-state index >= 15 is 0 Å². The van der Waals surface area contributed by atoms with Crippen molar-refractivity contribution in [3.05, 3.63) is 12.6 Å². The normalized spacial score (nSPS) is 15.4. The quantitative estimate of drug-likeness (QED) is 0.212. The third-order valence-corrected chi connectivity index (χ3v) is 9.99. The predicted molar refractivity (Wildman–Crippen MR) is 111 cm³/mol. The van der Waals surface area contributed by atoms with Gasteiger partial charge in [-0.15, -0.1) is 0 Å². The molecule has 1 saturated carbocycles. The van der Waals surface area contributed by atoms with Gasteiger partial charge in [0, 0.05) is 0 Å². The molecule has 0 atom stereocenters. The summed E-state index contributed by atoms with van der Waals surface area (Å²) >= 11 is -0.556. The van der Waals surface area contributed by atoms with E-state index in [9.17, 15) is 5.16 Å². The standard InChI is InChI=1S/C12H27NP.C5H10.CH3.2ClH.Ti/c1-10(2,3)14(13,11(4,5)6)12(7,8)9;1-2-4-5-3-1;;;;/h1-9H3;1-5H2;1H3;2*1H;/q-1;;-1;;;+2/p-2. The molecular formula is C18H40Cl2NPTi-2. The molecule has 23 heavy (non-hydrogen) atoms. The van der Waals surface area contributed by atoms with Gasteiger partial charge < -0.3 is 12.6 Å². The molecule has 1 rings (SSSR count). The topological polar surface area (TPSA) is 22.3 Å². The minimum absolute atomic E-state index is 0. The molecule has 0 aromatic heterocycles. The second-order valence-corrected chi connectivity index (χ2v) is 16.9. The molecule has 0 bridgehead atoms. The van der Waals surface area contributed by atoms with Crippen molar-refractivity contribution in [1.29, 1.82) is 0 Å². The summed E-state index contributed by atoms with van der Waals surface area (Å²) in [5.74, 6) is 0. The Bertz CT molecular complexity index is 284. The van der Waals surface area contributed by atoms with E-state index in [1.54, 1.807) is 0 Å². The molecular weight excluding hydrogens is 380 g/mol. The van der Waals surface area contributed by atoms with Gasteiger partial charge in [-0.3, -0.25) is 0 Å². The first-order valence-electron chi connectivity index (χ1n) is 8.25. The van der Waals surface area contributed by atoms with Crippen molar-refractivity contribution in [2.45, 2.75) is 110 Å². The summed E-state index contributed by atoms with van der Waals surface area (Å²) in [4.78, 5) is 0. The predicted octanol–water partition coefficient (Wildman–Crippen LogP) is 8.93. The average Bonchev–Trinajstić information content (AvgIpc) is 2.82. The van der Waals surface area contributed by atoms with Crippen LogP contribution >= 0.6 is 25.7 Å². The van der Waals surface area contributed by atoms with E-state index in [4.69, 9.17) is 18.6 Å². The molecule has 5 heteroatoms. The van der Waals surface area contributed by atoms with Gasteiger partial charge in [0.2, 0.25) is 0 Å². The molecule has 142 valence electrons. The van der Waals surface area contributed by atoms with Gasteiger partial charge in [-0.1, -0.05) is 94.4 Å². The SMILES string of the molecule is C1CCCC1.CC(C)(C)P(=[N-])(C(C)(C)C)C(C)(C)C.[CH3-].[Cl][Ti][Cl]. The monoisotopic (exact) mass is 419 g/mol.